The van der Waals surface area contributed by atoms with Crippen molar-refractivity contribution >= 4 is 19.8 Å². The second-order valence-electron chi connectivity index (χ2n) is 23.1. The minimum absolute atomic E-state index is 0.0333. The first kappa shape index (κ1) is 75.5. The number of hydrogen-bond donors (Lipinski definition) is 0. The van der Waals surface area contributed by atoms with Crippen LogP contribution in [0, 0.1) is 0 Å². The molecule has 0 aliphatic heterocycles. The predicted octanol–water partition coefficient (Wildman–Crippen LogP) is 20.2. The van der Waals surface area contributed by atoms with Crippen LogP contribution in [0.2, 0.25) is 0 Å². The number of esters is 2. The molecule has 2 atom stereocenters. The Morgan fingerprint density at radius 2 is 0.692 bits per heavy atom. The molecule has 0 saturated carbocycles. The van der Waals surface area contributed by atoms with Crippen LogP contribution in [-0.2, 0) is 32.7 Å². The van der Waals surface area contributed by atoms with Gasteiger partial charge in [0.05, 0.1) is 27.7 Å². The number of quaternary nitrogens is 1. The zero-order valence-electron chi connectivity index (χ0n) is 51.6. The van der Waals surface area contributed by atoms with E-state index in [4.69, 9.17) is 18.5 Å². The van der Waals surface area contributed by atoms with Crippen molar-refractivity contribution in [2.24, 2.45) is 0 Å². The molecule has 0 heterocycles. The molecular formula is C68H124NO8P. The molecule has 2 unspecified atom stereocenters. The van der Waals surface area contributed by atoms with Crippen molar-refractivity contribution in [3.63, 3.8) is 0 Å². The van der Waals surface area contributed by atoms with Gasteiger partial charge in [-0.05, 0) is 89.9 Å². The molecule has 0 aliphatic rings. The summed E-state index contributed by atoms with van der Waals surface area (Å²) in [6.07, 6.45) is 78.1. The lowest BCUT2D eigenvalue weighted by Gasteiger charge is -2.28. The minimum atomic E-state index is -4.64. The van der Waals surface area contributed by atoms with Crippen molar-refractivity contribution in [2.45, 2.75) is 302 Å². The third kappa shape index (κ3) is 62.6. The number of carbonyl (C=O) groups is 2. The number of unbranched alkanes of at least 4 members (excludes halogenated alkanes) is 34. The summed E-state index contributed by atoms with van der Waals surface area (Å²) >= 11 is 0. The van der Waals surface area contributed by atoms with Gasteiger partial charge >= 0.3 is 11.9 Å². The smallest absolute Gasteiger partial charge is 0.306 e. The molecule has 0 fully saturated rings. The topological polar surface area (TPSA) is 111 Å². The highest BCUT2D eigenvalue weighted by atomic mass is 31.2. The van der Waals surface area contributed by atoms with E-state index in [0.29, 0.717) is 17.4 Å². The summed E-state index contributed by atoms with van der Waals surface area (Å²) in [6.45, 7) is 4.24. The second-order valence-corrected chi connectivity index (χ2v) is 24.5. The maximum absolute atomic E-state index is 12.8. The van der Waals surface area contributed by atoms with Gasteiger partial charge in [-0.25, -0.2) is 0 Å². The summed E-state index contributed by atoms with van der Waals surface area (Å²) in [7, 11) is 1.17. The molecule has 0 rings (SSSR count). The van der Waals surface area contributed by atoms with E-state index in [1.54, 1.807) is 0 Å². The van der Waals surface area contributed by atoms with Crippen LogP contribution in [-0.4, -0.2) is 70.0 Å². The lowest BCUT2D eigenvalue weighted by atomic mass is 10.0. The molecule has 0 aliphatic carbocycles. The summed E-state index contributed by atoms with van der Waals surface area (Å²) < 4.78 is 34.3. The number of phosphoric ester groups is 1. The van der Waals surface area contributed by atoms with E-state index in [9.17, 15) is 19.0 Å². The molecular weight excluding hydrogens is 990 g/mol. The molecule has 10 heteroatoms. The summed E-state index contributed by atoms with van der Waals surface area (Å²) in [5.74, 6) is -0.831. The van der Waals surface area contributed by atoms with Gasteiger partial charge in [-0.3, -0.25) is 14.2 Å². The zero-order valence-corrected chi connectivity index (χ0v) is 52.5. The van der Waals surface area contributed by atoms with Crippen LogP contribution < -0.4 is 4.89 Å². The Morgan fingerprint density at radius 1 is 0.397 bits per heavy atom. The quantitative estimate of drug-likeness (QED) is 0.0195. The fraction of sp³-hybridized carbons (Fsp3) is 0.794. The number of allylic oxidation sites excluding steroid dienone is 12. The van der Waals surface area contributed by atoms with Crippen LogP contribution in [0.5, 0.6) is 0 Å². The minimum Gasteiger partial charge on any atom is -0.756 e. The lowest BCUT2D eigenvalue weighted by Crippen LogP contribution is -2.37. The van der Waals surface area contributed by atoms with Crippen LogP contribution in [0.25, 0.3) is 0 Å². The molecule has 0 spiro atoms. The summed E-state index contributed by atoms with van der Waals surface area (Å²) in [5, 5.41) is 0. The molecule has 0 bridgehead atoms. The number of hydrogen-bond acceptors (Lipinski definition) is 8. The molecule has 0 amide bonds. The first-order valence-electron chi connectivity index (χ1n) is 32.6. The van der Waals surface area contributed by atoms with E-state index < -0.39 is 26.5 Å². The van der Waals surface area contributed by atoms with E-state index in [0.717, 1.165) is 70.6 Å². The van der Waals surface area contributed by atoms with Crippen molar-refractivity contribution in [1.29, 1.82) is 0 Å². The van der Waals surface area contributed by atoms with E-state index in [1.807, 2.05) is 21.1 Å². The molecule has 0 aromatic carbocycles. The maximum atomic E-state index is 12.8. The van der Waals surface area contributed by atoms with Crippen LogP contribution in [0.1, 0.15) is 296 Å². The van der Waals surface area contributed by atoms with Gasteiger partial charge in [0.1, 0.15) is 19.8 Å². The first-order valence-corrected chi connectivity index (χ1v) is 34.1. The van der Waals surface area contributed by atoms with Gasteiger partial charge in [-0.15, -0.1) is 0 Å². The van der Waals surface area contributed by atoms with E-state index in [2.05, 4.69) is 86.8 Å². The fourth-order valence-corrected chi connectivity index (χ4v) is 9.87. The zero-order chi connectivity index (χ0) is 57.0. The van der Waals surface area contributed by atoms with Gasteiger partial charge < -0.3 is 27.9 Å². The van der Waals surface area contributed by atoms with E-state index >= 15 is 0 Å². The largest absolute Gasteiger partial charge is 0.756 e. The third-order valence-electron chi connectivity index (χ3n) is 14.2. The van der Waals surface area contributed by atoms with Gasteiger partial charge in [0.2, 0.25) is 0 Å². The Bertz CT molecular complexity index is 1550. The molecule has 0 aromatic rings. The Hall–Kier alpha value is -2.55. The summed E-state index contributed by atoms with van der Waals surface area (Å²) in [4.78, 5) is 38.0. The number of phosphoric acid groups is 1. The fourth-order valence-electron chi connectivity index (χ4n) is 9.14. The van der Waals surface area contributed by atoms with Gasteiger partial charge in [0, 0.05) is 12.8 Å². The second kappa shape index (κ2) is 59.1. The molecule has 0 aromatic heterocycles. The number of ether oxygens (including phenoxy) is 2. The van der Waals surface area contributed by atoms with Crippen molar-refractivity contribution in [3.8, 4) is 0 Å². The van der Waals surface area contributed by atoms with Crippen molar-refractivity contribution in [3.05, 3.63) is 72.9 Å². The average molecular weight is 1110 g/mol. The normalized spacial score (nSPS) is 13.7. The molecule has 0 N–H and O–H groups in total. The molecule has 78 heavy (non-hydrogen) atoms. The SMILES string of the molecule is CCCCCCC/C=C\C/C=C\C/C=C\CCCCCCCCCCCCCCCCC(=O)OC(COC(=O)CCCCCCCCCCCC/C=C\C/C=C\C/C=C\CCCCCCC)COP(=O)([O-])OCC[N+](C)(C)C. The Balaban J connectivity index is 4.11. The van der Waals surface area contributed by atoms with Gasteiger partial charge in [0.25, 0.3) is 7.82 Å². The van der Waals surface area contributed by atoms with Crippen LogP contribution >= 0.6 is 7.82 Å². The highest BCUT2D eigenvalue weighted by Gasteiger charge is 2.22. The van der Waals surface area contributed by atoms with Crippen molar-refractivity contribution in [2.75, 3.05) is 47.5 Å². The van der Waals surface area contributed by atoms with Crippen molar-refractivity contribution in [1.82, 2.24) is 0 Å². The lowest BCUT2D eigenvalue weighted by molar-refractivity contribution is -0.870. The summed E-state index contributed by atoms with van der Waals surface area (Å²) in [6, 6.07) is 0. The predicted molar refractivity (Wildman–Crippen MR) is 333 cm³/mol. The number of carbonyl (C=O) groups excluding carboxylic acids is 2. The number of nitrogens with zero attached hydrogens (tertiary/aromatic N) is 1. The Morgan fingerprint density at radius 3 is 1.03 bits per heavy atom. The highest BCUT2D eigenvalue weighted by molar-refractivity contribution is 7.45. The van der Waals surface area contributed by atoms with E-state index in [1.165, 1.54) is 193 Å². The van der Waals surface area contributed by atoms with Crippen LogP contribution in [0.4, 0.5) is 0 Å². The van der Waals surface area contributed by atoms with E-state index in [-0.39, 0.29) is 32.0 Å². The summed E-state index contributed by atoms with van der Waals surface area (Å²) in [5.41, 5.74) is 0. The molecule has 9 nitrogen and oxygen atoms in total. The Labute approximate surface area is 482 Å². The van der Waals surface area contributed by atoms with Gasteiger partial charge in [-0.2, -0.15) is 0 Å². The number of likely N-dealkylation sites (N-methyl/N-ethyl adjacent to an activating group) is 1. The average Bonchev–Trinajstić information content (AvgIpc) is 3.41. The monoisotopic (exact) mass is 1110 g/mol. The van der Waals surface area contributed by atoms with Crippen LogP contribution in [0.15, 0.2) is 72.9 Å². The highest BCUT2D eigenvalue weighted by Crippen LogP contribution is 2.38. The molecule has 454 valence electrons. The van der Waals surface area contributed by atoms with Gasteiger partial charge in [-0.1, -0.05) is 267 Å². The number of rotatable bonds is 60. The van der Waals surface area contributed by atoms with Crippen molar-refractivity contribution < 1.29 is 42.1 Å². The third-order valence-corrected chi connectivity index (χ3v) is 15.2. The maximum Gasteiger partial charge on any atom is 0.306 e. The standard InChI is InChI=1S/C68H124NO8P/c1-6-8-10-12-14-16-18-20-22-24-26-28-30-32-33-34-35-37-39-41-43-45-47-49-51-53-55-57-59-61-68(71)77-66(65-76-78(72,73)75-63-62-69(3,4)5)64-74-67(70)60-58-56-54-52-50-48-46-44-42-40-38-36-31-29-27-25-23-21-19-17-15-13-11-9-7-2/h18-21,24-27,30-32,36,66H,6-17,22-23,28-29,33-35,37-65H2,1-5H3/b20-18-,21-19-,26-24-,27-25-,32-30-,36-31-. The molecule has 0 radical (unpaired) electrons. The van der Waals surface area contributed by atoms with Gasteiger partial charge in [0.15, 0.2) is 6.10 Å². The molecule has 0 saturated heterocycles. The first-order chi connectivity index (χ1) is 38.0. The Kier molecular flexibility index (Phi) is 57.2. The van der Waals surface area contributed by atoms with Crippen LogP contribution in [0.3, 0.4) is 0 Å².